The Hall–Kier alpha value is -3.33. The maximum atomic E-state index is 13.5. The summed E-state index contributed by atoms with van der Waals surface area (Å²) in [6.45, 7) is 9.82. The fourth-order valence-corrected chi connectivity index (χ4v) is 8.07. The van der Waals surface area contributed by atoms with Gasteiger partial charge in [0.1, 0.15) is 17.5 Å². The van der Waals surface area contributed by atoms with Crippen LogP contribution in [0.3, 0.4) is 0 Å². The van der Waals surface area contributed by atoms with E-state index in [2.05, 4.69) is 37.9 Å². The summed E-state index contributed by atoms with van der Waals surface area (Å²) in [6, 6.07) is 13.2. The van der Waals surface area contributed by atoms with Crippen LogP contribution in [0.2, 0.25) is 0 Å². The highest BCUT2D eigenvalue weighted by Crippen LogP contribution is 2.35. The van der Waals surface area contributed by atoms with Crippen LogP contribution < -0.4 is 15.5 Å². The third-order valence-electron chi connectivity index (χ3n) is 9.14. The molecule has 1 atom stereocenters. The molecule has 3 saturated heterocycles. The lowest BCUT2D eigenvalue weighted by Gasteiger charge is -2.33. The zero-order valence-electron chi connectivity index (χ0n) is 27.9. The van der Waals surface area contributed by atoms with E-state index in [0.717, 1.165) is 85.7 Å². The molecule has 3 amide bonds. The maximum absolute atomic E-state index is 13.5. The number of alkyl halides is 3. The summed E-state index contributed by atoms with van der Waals surface area (Å²) in [5.74, 6) is -0.141. The molecule has 262 valence electrons. The van der Waals surface area contributed by atoms with Crippen molar-refractivity contribution in [2.75, 3.05) is 44.2 Å². The minimum Gasteiger partial charge on any atom is -0.314 e. The summed E-state index contributed by atoms with van der Waals surface area (Å²) < 4.78 is 56.8. The smallest absolute Gasteiger partial charge is 0.314 e. The number of aromatic nitrogens is 2. The number of halogens is 3. The minimum absolute atomic E-state index is 0.0496. The van der Waals surface area contributed by atoms with E-state index in [-0.39, 0.29) is 24.7 Å². The zero-order valence-corrected chi connectivity index (χ0v) is 28.7. The van der Waals surface area contributed by atoms with Gasteiger partial charge in [-0.3, -0.25) is 24.6 Å². The van der Waals surface area contributed by atoms with Crippen LogP contribution in [0, 0.1) is 0 Å². The van der Waals surface area contributed by atoms with Gasteiger partial charge in [-0.2, -0.15) is 18.3 Å². The van der Waals surface area contributed by atoms with Crippen molar-refractivity contribution in [3.63, 3.8) is 0 Å². The molecule has 0 spiro atoms. The van der Waals surface area contributed by atoms with E-state index in [9.17, 15) is 27.0 Å². The van der Waals surface area contributed by atoms with Crippen molar-refractivity contribution < 1.29 is 27.0 Å². The molecule has 4 heterocycles. The predicted octanol–water partition coefficient (Wildman–Crippen LogP) is 5.55. The number of imide groups is 1. The van der Waals surface area contributed by atoms with Crippen molar-refractivity contribution in [1.29, 1.82) is 0 Å². The van der Waals surface area contributed by atoms with Gasteiger partial charge in [0.2, 0.25) is 5.91 Å². The van der Waals surface area contributed by atoms with Crippen molar-refractivity contribution in [3.8, 4) is 0 Å². The number of nitrogens with zero attached hydrogens (tertiary/aromatic N) is 5. The summed E-state index contributed by atoms with van der Waals surface area (Å²) in [6.07, 6.45) is -0.780. The van der Waals surface area contributed by atoms with Crippen LogP contribution >= 0.6 is 0 Å². The average molecular weight is 690 g/mol. The lowest BCUT2D eigenvalue weighted by Crippen LogP contribution is -2.49. The molecule has 0 saturated carbocycles. The Labute approximate surface area is 282 Å². The number of likely N-dealkylation sites (tertiary alicyclic amines) is 1. The Bertz CT molecular complexity index is 1600. The second-order valence-electron chi connectivity index (χ2n) is 12.3. The van der Waals surface area contributed by atoms with Crippen LogP contribution in [0.5, 0.6) is 0 Å². The Morgan fingerprint density at radius 2 is 1.71 bits per heavy atom. The fraction of sp³-hybridized carbons (Fsp3) is 0.559. The first-order valence-electron chi connectivity index (χ1n) is 17.0. The Morgan fingerprint density at radius 1 is 0.979 bits per heavy atom. The Balaban J connectivity index is 0.00000221. The second kappa shape index (κ2) is 15.9. The summed E-state index contributed by atoms with van der Waals surface area (Å²) in [4.78, 5) is 28.5. The van der Waals surface area contributed by atoms with Gasteiger partial charge in [0, 0.05) is 44.0 Å². The molecule has 48 heavy (non-hydrogen) atoms. The van der Waals surface area contributed by atoms with E-state index in [0.29, 0.717) is 16.9 Å². The number of carbonyl (C=O) groups excluding carboxylic acids is 2. The third-order valence-corrected chi connectivity index (χ3v) is 10.6. The SMILES string of the molecule is CC.CCNC1CCN(S(=O)c2cccc(CN3CCC(c4ccc5c(N6CCC(=O)NC6=O)nn(CC(F)(F)F)c5c4)CC3)c2)CC1. The van der Waals surface area contributed by atoms with Gasteiger partial charge < -0.3 is 5.32 Å². The van der Waals surface area contributed by atoms with Crippen LogP contribution in [0.4, 0.5) is 23.8 Å². The van der Waals surface area contributed by atoms with E-state index >= 15 is 0 Å². The highest BCUT2D eigenvalue weighted by molar-refractivity contribution is 7.82. The number of anilines is 1. The molecule has 3 aliphatic heterocycles. The van der Waals surface area contributed by atoms with Gasteiger partial charge >= 0.3 is 12.2 Å². The molecule has 3 aromatic rings. The molecule has 0 radical (unpaired) electrons. The number of benzene rings is 2. The highest BCUT2D eigenvalue weighted by atomic mass is 32.2. The van der Waals surface area contributed by atoms with Crippen LogP contribution in [-0.4, -0.2) is 86.6 Å². The molecule has 10 nitrogen and oxygen atoms in total. The van der Waals surface area contributed by atoms with Gasteiger partial charge in [-0.15, -0.1) is 0 Å². The van der Waals surface area contributed by atoms with E-state index in [1.165, 1.54) is 4.90 Å². The Morgan fingerprint density at radius 3 is 2.38 bits per heavy atom. The minimum atomic E-state index is -4.50. The molecule has 2 N–H and O–H groups in total. The van der Waals surface area contributed by atoms with Crippen LogP contribution in [0.15, 0.2) is 47.4 Å². The van der Waals surface area contributed by atoms with Gasteiger partial charge in [-0.1, -0.05) is 39.0 Å². The normalized spacial score (nSPS) is 19.7. The van der Waals surface area contributed by atoms with Gasteiger partial charge in [-0.05, 0) is 86.6 Å². The van der Waals surface area contributed by atoms with Crippen molar-refractivity contribution in [2.24, 2.45) is 0 Å². The standard InChI is InChI=1S/C32H40F3N7O3S.C2H6/c1-2-36-25-10-15-40(16-11-25)46(45)26-5-3-4-22(18-26)20-39-13-8-23(9-14-39)24-6-7-27-28(19-24)42(21-32(33,34)35)38-30(27)41-17-12-29(43)37-31(41)44;1-2/h3-7,18-19,23,25,36H,2,8-17,20-21H2,1H3,(H,37,43,44);1-2H3. The number of hydrogen-bond acceptors (Lipinski definition) is 6. The number of nitrogens with one attached hydrogen (secondary N) is 2. The predicted molar refractivity (Wildman–Crippen MR) is 181 cm³/mol. The van der Waals surface area contributed by atoms with Crippen LogP contribution in [-0.2, 0) is 28.9 Å². The first-order valence-corrected chi connectivity index (χ1v) is 18.1. The Kier molecular flexibility index (Phi) is 11.9. The molecular formula is C34H46F3N7O3S. The molecule has 0 aliphatic carbocycles. The van der Waals surface area contributed by atoms with Gasteiger partial charge in [0.15, 0.2) is 5.82 Å². The molecule has 3 fully saturated rings. The first kappa shape index (κ1) is 36.0. The van der Waals surface area contributed by atoms with E-state index in [1.54, 1.807) is 12.1 Å². The molecule has 1 unspecified atom stereocenters. The lowest BCUT2D eigenvalue weighted by atomic mass is 9.89. The lowest BCUT2D eigenvalue weighted by molar-refractivity contribution is -0.141. The van der Waals surface area contributed by atoms with E-state index in [1.807, 2.05) is 38.1 Å². The average Bonchev–Trinajstić information content (AvgIpc) is 3.42. The zero-order chi connectivity index (χ0) is 34.4. The van der Waals surface area contributed by atoms with Crippen LogP contribution in [0.25, 0.3) is 10.9 Å². The summed E-state index contributed by atoms with van der Waals surface area (Å²) >= 11 is 0. The van der Waals surface area contributed by atoms with Crippen molar-refractivity contribution in [2.45, 2.75) is 89.0 Å². The molecule has 3 aliphatic rings. The second-order valence-corrected chi connectivity index (χ2v) is 13.8. The third kappa shape index (κ3) is 8.63. The number of hydrogen-bond donors (Lipinski definition) is 2. The summed E-state index contributed by atoms with van der Waals surface area (Å²) in [7, 11) is -1.19. The number of urea groups is 1. The largest absolute Gasteiger partial charge is 0.408 e. The molecule has 14 heteroatoms. The topological polar surface area (TPSA) is 103 Å². The molecular weight excluding hydrogens is 643 g/mol. The molecule has 2 aromatic carbocycles. The van der Waals surface area contributed by atoms with Gasteiger partial charge in [-0.25, -0.2) is 13.3 Å². The quantitative estimate of drug-likeness (QED) is 0.306. The number of fused-ring (bicyclic) bond motifs is 1. The number of carbonyl (C=O) groups is 2. The summed E-state index contributed by atoms with van der Waals surface area (Å²) in [5, 5.41) is 10.3. The van der Waals surface area contributed by atoms with Crippen LogP contribution in [0.1, 0.15) is 69.9 Å². The van der Waals surface area contributed by atoms with Crippen molar-refractivity contribution in [3.05, 3.63) is 53.6 Å². The molecule has 0 bridgehead atoms. The first-order chi connectivity index (χ1) is 23.1. The van der Waals surface area contributed by atoms with Crippen molar-refractivity contribution >= 4 is 39.6 Å². The van der Waals surface area contributed by atoms with Gasteiger partial charge in [0.05, 0.1) is 10.4 Å². The maximum Gasteiger partial charge on any atom is 0.408 e. The number of amides is 3. The van der Waals surface area contributed by atoms with E-state index < -0.39 is 35.6 Å². The fourth-order valence-electron chi connectivity index (χ4n) is 6.78. The number of rotatable bonds is 9. The summed E-state index contributed by atoms with van der Waals surface area (Å²) in [5.41, 5.74) is 2.36. The highest BCUT2D eigenvalue weighted by Gasteiger charge is 2.33. The number of piperidine rings is 2. The monoisotopic (exact) mass is 689 g/mol. The van der Waals surface area contributed by atoms with Gasteiger partial charge in [0.25, 0.3) is 0 Å². The van der Waals surface area contributed by atoms with E-state index in [4.69, 9.17) is 0 Å². The molecule has 6 rings (SSSR count). The molecule has 1 aromatic heterocycles. The van der Waals surface area contributed by atoms with Crippen molar-refractivity contribution in [1.82, 2.24) is 29.6 Å².